The zero-order valence-corrected chi connectivity index (χ0v) is 13.4. The molecule has 0 saturated carbocycles. The molecule has 0 radical (unpaired) electrons. The average molecular weight is 293 g/mol. The molecule has 1 fully saturated rings. The van der Waals surface area contributed by atoms with E-state index in [1.165, 1.54) is 19.4 Å². The van der Waals surface area contributed by atoms with Crippen LogP contribution >= 0.6 is 0 Å². The molecule has 0 aromatic carbocycles. The summed E-state index contributed by atoms with van der Waals surface area (Å²) in [6.07, 6.45) is 2.53. The Morgan fingerprint density at radius 3 is 2.67 bits per heavy atom. The van der Waals surface area contributed by atoms with Crippen LogP contribution in [0.25, 0.3) is 0 Å². The average Bonchev–Trinajstić information content (AvgIpc) is 2.88. The van der Waals surface area contributed by atoms with E-state index in [1.807, 2.05) is 13.0 Å². The van der Waals surface area contributed by atoms with Crippen LogP contribution in [0.4, 0.5) is 11.6 Å². The second kappa shape index (κ2) is 8.14. The van der Waals surface area contributed by atoms with Crippen LogP contribution in [-0.4, -0.2) is 54.2 Å². The summed E-state index contributed by atoms with van der Waals surface area (Å²) in [7, 11) is 2.18. The highest BCUT2D eigenvalue weighted by molar-refractivity contribution is 5.47. The fourth-order valence-electron chi connectivity index (χ4n) is 2.58. The minimum atomic E-state index is 0.452. The maximum absolute atomic E-state index is 5.41. The molecule has 1 saturated heterocycles. The molecular formula is C15H27N5O. The molecule has 21 heavy (non-hydrogen) atoms. The summed E-state index contributed by atoms with van der Waals surface area (Å²) >= 11 is 0. The summed E-state index contributed by atoms with van der Waals surface area (Å²) in [6.45, 7) is 8.11. The molecule has 118 valence electrons. The molecule has 1 unspecified atom stereocenters. The number of rotatable bonds is 8. The van der Waals surface area contributed by atoms with Gasteiger partial charge in [-0.2, -0.15) is 0 Å². The molecule has 6 heteroatoms. The number of nitrogens with one attached hydrogen (secondary N) is 2. The van der Waals surface area contributed by atoms with Crippen molar-refractivity contribution in [1.29, 1.82) is 0 Å². The topological polar surface area (TPSA) is 62.3 Å². The highest BCUT2D eigenvalue weighted by atomic mass is 16.5. The number of nitrogens with zero attached hydrogens (tertiary/aromatic N) is 3. The van der Waals surface area contributed by atoms with Gasteiger partial charge in [-0.05, 0) is 40.3 Å². The number of likely N-dealkylation sites (tertiary alicyclic amines) is 1. The molecular weight excluding hydrogens is 266 g/mol. The van der Waals surface area contributed by atoms with Gasteiger partial charge in [0.15, 0.2) is 5.82 Å². The van der Waals surface area contributed by atoms with Crippen LogP contribution < -0.4 is 10.6 Å². The summed E-state index contributed by atoms with van der Waals surface area (Å²) in [5.74, 6) is 2.44. The first-order valence-corrected chi connectivity index (χ1v) is 7.86. The number of hydrogen-bond acceptors (Lipinski definition) is 6. The Balaban J connectivity index is 2.00. The van der Waals surface area contributed by atoms with Crippen LogP contribution in [0.5, 0.6) is 0 Å². The van der Waals surface area contributed by atoms with Gasteiger partial charge in [-0.25, -0.2) is 9.97 Å². The Kier molecular flexibility index (Phi) is 6.20. The van der Waals surface area contributed by atoms with Gasteiger partial charge in [-0.1, -0.05) is 0 Å². The number of ether oxygens (including phenoxy) is 1. The van der Waals surface area contributed by atoms with Crippen LogP contribution in [-0.2, 0) is 11.3 Å². The zero-order valence-electron chi connectivity index (χ0n) is 13.4. The van der Waals surface area contributed by atoms with Gasteiger partial charge in [-0.15, -0.1) is 0 Å². The van der Waals surface area contributed by atoms with Gasteiger partial charge in [0.05, 0.1) is 0 Å². The van der Waals surface area contributed by atoms with Gasteiger partial charge >= 0.3 is 0 Å². The van der Waals surface area contributed by atoms with Crippen LogP contribution in [0.2, 0.25) is 0 Å². The number of hydrogen-bond donors (Lipinski definition) is 2. The van der Waals surface area contributed by atoms with E-state index in [9.17, 15) is 0 Å². The smallest absolute Gasteiger partial charge is 0.158 e. The van der Waals surface area contributed by atoms with Gasteiger partial charge in [0.2, 0.25) is 0 Å². The third-order valence-corrected chi connectivity index (χ3v) is 3.76. The van der Waals surface area contributed by atoms with Crippen LogP contribution in [0.3, 0.4) is 0 Å². The van der Waals surface area contributed by atoms with Crippen LogP contribution in [0.1, 0.15) is 32.5 Å². The Morgan fingerprint density at radius 2 is 2.05 bits per heavy atom. The molecule has 2 N–H and O–H groups in total. The van der Waals surface area contributed by atoms with Crippen molar-refractivity contribution in [3.05, 3.63) is 11.9 Å². The van der Waals surface area contributed by atoms with E-state index in [0.717, 1.165) is 30.5 Å². The SMILES string of the molecule is CCNc1cc(NCC2CCCN2C)nc(COCC)n1. The lowest BCUT2D eigenvalue weighted by atomic mass is 10.2. The molecule has 1 aromatic rings. The molecule has 0 spiro atoms. The first kappa shape index (κ1) is 16.0. The molecule has 1 aliphatic rings. The third-order valence-electron chi connectivity index (χ3n) is 3.76. The normalized spacial score (nSPS) is 18.9. The van der Waals surface area contributed by atoms with Gasteiger partial charge < -0.3 is 20.3 Å². The van der Waals surface area contributed by atoms with E-state index in [2.05, 4.69) is 39.5 Å². The number of likely N-dealkylation sites (N-methyl/N-ethyl adjacent to an activating group) is 1. The van der Waals surface area contributed by atoms with Crippen molar-refractivity contribution in [3.8, 4) is 0 Å². The van der Waals surface area contributed by atoms with E-state index in [0.29, 0.717) is 19.3 Å². The second-order valence-corrected chi connectivity index (χ2v) is 5.38. The fourth-order valence-corrected chi connectivity index (χ4v) is 2.58. The third kappa shape index (κ3) is 4.82. The molecule has 2 heterocycles. The molecule has 2 rings (SSSR count). The van der Waals surface area contributed by atoms with Crippen molar-refractivity contribution in [2.24, 2.45) is 0 Å². The quantitative estimate of drug-likeness (QED) is 0.764. The molecule has 0 aliphatic carbocycles. The molecule has 0 amide bonds. The highest BCUT2D eigenvalue weighted by Crippen LogP contribution is 2.17. The van der Waals surface area contributed by atoms with Crippen LogP contribution in [0, 0.1) is 0 Å². The molecule has 0 bridgehead atoms. The van der Waals surface area contributed by atoms with E-state index < -0.39 is 0 Å². The predicted molar refractivity (Wildman–Crippen MR) is 85.7 cm³/mol. The highest BCUT2D eigenvalue weighted by Gasteiger charge is 2.20. The maximum atomic E-state index is 5.41. The number of aromatic nitrogens is 2. The lowest BCUT2D eigenvalue weighted by Crippen LogP contribution is -2.31. The van der Waals surface area contributed by atoms with E-state index in [4.69, 9.17) is 4.74 Å². The monoisotopic (exact) mass is 293 g/mol. The van der Waals surface area contributed by atoms with E-state index in [-0.39, 0.29) is 0 Å². The largest absolute Gasteiger partial charge is 0.374 e. The van der Waals surface area contributed by atoms with Crippen molar-refractivity contribution >= 4 is 11.6 Å². The van der Waals surface area contributed by atoms with Gasteiger partial charge in [-0.3, -0.25) is 0 Å². The Morgan fingerprint density at radius 1 is 1.29 bits per heavy atom. The van der Waals surface area contributed by atoms with Crippen molar-refractivity contribution in [2.45, 2.75) is 39.3 Å². The minimum Gasteiger partial charge on any atom is -0.374 e. The minimum absolute atomic E-state index is 0.452. The lowest BCUT2D eigenvalue weighted by Gasteiger charge is -2.20. The van der Waals surface area contributed by atoms with Crippen LogP contribution in [0.15, 0.2) is 6.07 Å². The number of anilines is 2. The lowest BCUT2D eigenvalue weighted by molar-refractivity contribution is 0.128. The summed E-state index contributed by atoms with van der Waals surface area (Å²) in [5, 5.41) is 6.69. The van der Waals surface area contributed by atoms with Crippen molar-refractivity contribution in [3.63, 3.8) is 0 Å². The Hall–Kier alpha value is -1.40. The summed E-state index contributed by atoms with van der Waals surface area (Å²) < 4.78 is 5.41. The maximum Gasteiger partial charge on any atom is 0.158 e. The fraction of sp³-hybridized carbons (Fsp3) is 0.733. The van der Waals surface area contributed by atoms with E-state index in [1.54, 1.807) is 0 Å². The van der Waals surface area contributed by atoms with Crippen molar-refractivity contribution < 1.29 is 4.74 Å². The van der Waals surface area contributed by atoms with Crippen molar-refractivity contribution in [2.75, 3.05) is 43.9 Å². The van der Waals surface area contributed by atoms with Gasteiger partial charge in [0.25, 0.3) is 0 Å². The standard InChI is InChI=1S/C15H27N5O/c1-4-16-13-9-14(19-15(18-13)11-21-5-2)17-10-12-7-6-8-20(12)3/h9,12H,4-8,10-11H2,1-3H3,(H2,16,17,18,19). The first-order chi connectivity index (χ1) is 10.2. The van der Waals surface area contributed by atoms with Crippen molar-refractivity contribution in [1.82, 2.24) is 14.9 Å². The van der Waals surface area contributed by atoms with E-state index >= 15 is 0 Å². The van der Waals surface area contributed by atoms with Gasteiger partial charge in [0.1, 0.15) is 18.2 Å². The predicted octanol–water partition coefficient (Wildman–Crippen LogP) is 1.95. The second-order valence-electron chi connectivity index (χ2n) is 5.38. The zero-order chi connectivity index (χ0) is 15.1. The molecule has 6 nitrogen and oxygen atoms in total. The molecule has 1 aromatic heterocycles. The summed E-state index contributed by atoms with van der Waals surface area (Å²) in [5.41, 5.74) is 0. The molecule has 1 aliphatic heterocycles. The summed E-state index contributed by atoms with van der Waals surface area (Å²) in [6, 6.07) is 2.56. The Labute approximate surface area is 127 Å². The Bertz CT molecular complexity index is 440. The van der Waals surface area contributed by atoms with Gasteiger partial charge in [0, 0.05) is 31.8 Å². The molecule has 1 atom stereocenters. The summed E-state index contributed by atoms with van der Waals surface area (Å²) in [4.78, 5) is 11.4. The first-order valence-electron chi connectivity index (χ1n) is 7.86.